The molecule has 0 saturated carbocycles. The molecule has 4 heteroatoms. The number of nitro benzene ring substituents is 1. The molecule has 0 atom stereocenters. The monoisotopic (exact) mass is 194 g/mol. The highest BCUT2D eigenvalue weighted by Gasteiger charge is 2.11. The average molecular weight is 194 g/mol. The van der Waals surface area contributed by atoms with Crippen LogP contribution in [0.15, 0.2) is 18.2 Å². The summed E-state index contributed by atoms with van der Waals surface area (Å²) in [5, 5.41) is 10.6. The van der Waals surface area contributed by atoms with E-state index in [4.69, 9.17) is 4.74 Å². The van der Waals surface area contributed by atoms with Gasteiger partial charge in [-0.15, -0.1) is 0 Å². The van der Waals surface area contributed by atoms with Gasteiger partial charge in [0, 0.05) is 6.07 Å². The molecule has 1 aromatic rings. The highest BCUT2D eigenvalue weighted by atomic mass is 16.6. The molecule has 14 heavy (non-hydrogen) atoms. The summed E-state index contributed by atoms with van der Waals surface area (Å²) in [6, 6.07) is 4.73. The van der Waals surface area contributed by atoms with Crippen LogP contribution in [-0.2, 0) is 0 Å². The van der Waals surface area contributed by atoms with Crippen LogP contribution in [0.5, 0.6) is 5.75 Å². The fourth-order valence-electron chi connectivity index (χ4n) is 1.10. The molecule has 0 spiro atoms. The van der Waals surface area contributed by atoms with Crippen molar-refractivity contribution in [2.45, 2.75) is 13.8 Å². The highest BCUT2D eigenvalue weighted by molar-refractivity contribution is 5.46. The molecule has 0 saturated heterocycles. The number of benzene rings is 1. The van der Waals surface area contributed by atoms with E-state index < -0.39 is 4.92 Å². The Morgan fingerprint density at radius 3 is 2.43 bits per heavy atom. The van der Waals surface area contributed by atoms with E-state index >= 15 is 0 Å². The predicted octanol–water partition coefficient (Wildman–Crippen LogP) is 2.57. The first-order chi connectivity index (χ1) is 6.54. The minimum absolute atomic E-state index is 0.0561. The molecule has 1 radical (unpaired) electrons. The van der Waals surface area contributed by atoms with Crippen LogP contribution in [0.25, 0.3) is 0 Å². The lowest BCUT2D eigenvalue weighted by molar-refractivity contribution is -0.385. The van der Waals surface area contributed by atoms with Gasteiger partial charge >= 0.3 is 0 Å². The number of ether oxygens (including phenoxy) is 1. The fraction of sp³-hybridized carbons (Fsp3) is 0.300. The third-order valence-electron chi connectivity index (χ3n) is 1.92. The number of hydrogen-bond acceptors (Lipinski definition) is 3. The average Bonchev–Trinajstić information content (AvgIpc) is 2.16. The Bertz CT molecular complexity index is 347. The topological polar surface area (TPSA) is 52.4 Å². The second-order valence-corrected chi connectivity index (χ2v) is 3.18. The molecule has 0 aliphatic rings. The first kappa shape index (κ1) is 10.5. The molecule has 4 nitrogen and oxygen atoms in total. The molecule has 0 bridgehead atoms. The molecule has 0 heterocycles. The number of hydrogen-bond donors (Lipinski definition) is 0. The summed E-state index contributed by atoms with van der Waals surface area (Å²) in [4.78, 5) is 10.2. The second-order valence-electron chi connectivity index (χ2n) is 3.18. The summed E-state index contributed by atoms with van der Waals surface area (Å²) < 4.78 is 4.98. The predicted molar refractivity (Wildman–Crippen MR) is 53.3 cm³/mol. The van der Waals surface area contributed by atoms with Gasteiger partial charge in [0.1, 0.15) is 5.75 Å². The van der Waals surface area contributed by atoms with Crippen molar-refractivity contribution < 1.29 is 9.66 Å². The van der Waals surface area contributed by atoms with Crippen LogP contribution >= 0.6 is 0 Å². The Morgan fingerprint density at radius 2 is 2.00 bits per heavy atom. The summed E-state index contributed by atoms with van der Waals surface area (Å²) in [6.07, 6.45) is 0. The lowest BCUT2D eigenvalue weighted by Crippen LogP contribution is -1.95. The van der Waals surface area contributed by atoms with Crippen molar-refractivity contribution in [3.63, 3.8) is 0 Å². The third kappa shape index (κ3) is 2.22. The summed E-state index contributed by atoms with van der Waals surface area (Å²) in [6.45, 7) is 3.80. The normalized spacial score (nSPS) is 10.3. The number of non-ortho nitro benzene ring substituents is 1. The maximum atomic E-state index is 10.6. The summed E-state index contributed by atoms with van der Waals surface area (Å²) in [5.74, 6) is 1.53. The third-order valence-corrected chi connectivity index (χ3v) is 1.92. The first-order valence-corrected chi connectivity index (χ1v) is 4.18. The highest BCUT2D eigenvalue weighted by Crippen LogP contribution is 2.26. The maximum absolute atomic E-state index is 10.6. The van der Waals surface area contributed by atoms with E-state index in [9.17, 15) is 10.1 Å². The SMILES string of the molecule is COc1cc([C](C)C)cc([N+](=O)[O-])c1. The molecule has 75 valence electrons. The molecule has 0 aromatic heterocycles. The van der Waals surface area contributed by atoms with Crippen molar-refractivity contribution in [2.75, 3.05) is 7.11 Å². The van der Waals surface area contributed by atoms with Crippen molar-refractivity contribution in [1.29, 1.82) is 0 Å². The number of rotatable bonds is 3. The fourth-order valence-corrected chi connectivity index (χ4v) is 1.10. The van der Waals surface area contributed by atoms with Crippen molar-refractivity contribution in [3.05, 3.63) is 39.8 Å². The molecular weight excluding hydrogens is 182 g/mol. The zero-order valence-electron chi connectivity index (χ0n) is 8.40. The Balaban J connectivity index is 3.20. The van der Waals surface area contributed by atoms with E-state index in [0.29, 0.717) is 5.75 Å². The lowest BCUT2D eigenvalue weighted by atomic mass is 10.0. The quantitative estimate of drug-likeness (QED) is 0.548. The zero-order valence-corrected chi connectivity index (χ0v) is 8.40. The summed E-state index contributed by atoms with van der Waals surface area (Å²) in [7, 11) is 1.49. The number of nitro groups is 1. The van der Waals surface area contributed by atoms with E-state index in [0.717, 1.165) is 11.5 Å². The van der Waals surface area contributed by atoms with Gasteiger partial charge in [0.25, 0.3) is 5.69 Å². The van der Waals surface area contributed by atoms with Gasteiger partial charge in [-0.1, -0.05) is 13.8 Å². The molecule has 0 aliphatic heterocycles. The van der Waals surface area contributed by atoms with Crippen molar-refractivity contribution >= 4 is 5.69 Å². The largest absolute Gasteiger partial charge is 0.496 e. The van der Waals surface area contributed by atoms with Crippen LogP contribution in [0, 0.1) is 16.0 Å². The van der Waals surface area contributed by atoms with Gasteiger partial charge in [-0.05, 0) is 17.5 Å². The maximum Gasteiger partial charge on any atom is 0.273 e. The van der Waals surface area contributed by atoms with E-state index in [1.165, 1.54) is 19.2 Å². The number of nitrogens with zero attached hydrogens (tertiary/aromatic N) is 1. The van der Waals surface area contributed by atoms with Gasteiger partial charge < -0.3 is 4.74 Å². The van der Waals surface area contributed by atoms with E-state index in [1.807, 2.05) is 13.8 Å². The van der Waals surface area contributed by atoms with Crippen LogP contribution in [0.3, 0.4) is 0 Å². The number of methoxy groups -OCH3 is 1. The van der Waals surface area contributed by atoms with Crippen molar-refractivity contribution in [3.8, 4) is 5.75 Å². The van der Waals surface area contributed by atoms with Crippen molar-refractivity contribution in [1.82, 2.24) is 0 Å². The minimum atomic E-state index is -0.422. The van der Waals surface area contributed by atoms with Crippen LogP contribution in [-0.4, -0.2) is 12.0 Å². The molecular formula is C10H12NO3. The molecule has 0 amide bonds. The van der Waals surface area contributed by atoms with Crippen LogP contribution < -0.4 is 4.74 Å². The van der Waals surface area contributed by atoms with Gasteiger partial charge in [-0.25, -0.2) is 0 Å². The van der Waals surface area contributed by atoms with E-state index in [1.54, 1.807) is 6.07 Å². The first-order valence-electron chi connectivity index (χ1n) is 4.18. The molecule has 0 fully saturated rings. The van der Waals surface area contributed by atoms with Crippen LogP contribution in [0.4, 0.5) is 5.69 Å². The van der Waals surface area contributed by atoms with E-state index in [-0.39, 0.29) is 5.69 Å². The minimum Gasteiger partial charge on any atom is -0.496 e. The van der Waals surface area contributed by atoms with Gasteiger partial charge in [-0.2, -0.15) is 0 Å². The lowest BCUT2D eigenvalue weighted by Gasteiger charge is -2.06. The zero-order chi connectivity index (χ0) is 10.7. The molecule has 1 aromatic carbocycles. The van der Waals surface area contributed by atoms with Gasteiger partial charge in [0.05, 0.1) is 18.1 Å². The second kappa shape index (κ2) is 4.09. The standard InChI is InChI=1S/C10H12NO3/c1-7(2)8-4-9(11(12)13)6-10(5-8)14-3/h4-6H,1-3H3. The summed E-state index contributed by atoms with van der Waals surface area (Å²) in [5.41, 5.74) is 0.886. The van der Waals surface area contributed by atoms with Crippen LogP contribution in [0.1, 0.15) is 19.4 Å². The van der Waals surface area contributed by atoms with Gasteiger partial charge in [0.2, 0.25) is 0 Å². The Hall–Kier alpha value is -1.58. The van der Waals surface area contributed by atoms with Gasteiger partial charge in [0.15, 0.2) is 0 Å². The molecule has 0 N–H and O–H groups in total. The van der Waals surface area contributed by atoms with Crippen LogP contribution in [0.2, 0.25) is 0 Å². The van der Waals surface area contributed by atoms with Crippen molar-refractivity contribution in [2.24, 2.45) is 0 Å². The Kier molecular flexibility index (Phi) is 3.06. The summed E-state index contributed by atoms with van der Waals surface area (Å²) >= 11 is 0. The van der Waals surface area contributed by atoms with E-state index in [2.05, 4.69) is 0 Å². The van der Waals surface area contributed by atoms with Gasteiger partial charge in [-0.3, -0.25) is 10.1 Å². The molecule has 0 unspecified atom stereocenters. The Morgan fingerprint density at radius 1 is 1.36 bits per heavy atom. The molecule has 1 rings (SSSR count). The smallest absolute Gasteiger partial charge is 0.273 e. The Labute approximate surface area is 82.7 Å². The molecule has 0 aliphatic carbocycles.